The predicted octanol–water partition coefficient (Wildman–Crippen LogP) is 1.70. The average molecular weight is 288 g/mol. The summed E-state index contributed by atoms with van der Waals surface area (Å²) >= 11 is 0. The standard InChI is InChI=1S/C13H12N4O4/c1-2-5-21-13(20)16-10-6-9(12(18)19)3-4-11(10)17-7-14-15-8-17/h2-4,6-8H,1,5H2,(H,16,20)(H,18,19). The number of amides is 1. The molecule has 0 saturated heterocycles. The highest BCUT2D eigenvalue weighted by Crippen LogP contribution is 2.22. The van der Waals surface area contributed by atoms with Gasteiger partial charge in [-0.15, -0.1) is 10.2 Å². The van der Waals surface area contributed by atoms with Crippen molar-refractivity contribution in [3.8, 4) is 5.69 Å². The van der Waals surface area contributed by atoms with Gasteiger partial charge in [0, 0.05) is 0 Å². The second-order valence-corrected chi connectivity index (χ2v) is 3.92. The SMILES string of the molecule is C=CCOC(=O)Nc1cc(C(=O)O)ccc1-n1cnnc1. The highest BCUT2D eigenvalue weighted by atomic mass is 16.5. The van der Waals surface area contributed by atoms with Gasteiger partial charge in [-0.3, -0.25) is 9.88 Å². The third-order valence-corrected chi connectivity index (χ3v) is 2.51. The Bertz CT molecular complexity index is 667. The van der Waals surface area contributed by atoms with E-state index >= 15 is 0 Å². The summed E-state index contributed by atoms with van der Waals surface area (Å²) in [5.41, 5.74) is 0.815. The van der Waals surface area contributed by atoms with E-state index in [-0.39, 0.29) is 17.9 Å². The summed E-state index contributed by atoms with van der Waals surface area (Å²) in [6, 6.07) is 4.28. The molecular weight excluding hydrogens is 276 g/mol. The molecule has 0 aliphatic heterocycles. The van der Waals surface area contributed by atoms with Crippen LogP contribution in [0.15, 0.2) is 43.5 Å². The fraction of sp³-hybridized carbons (Fsp3) is 0.0769. The van der Waals surface area contributed by atoms with E-state index in [0.717, 1.165) is 0 Å². The number of ether oxygens (including phenoxy) is 1. The molecule has 0 fully saturated rings. The van der Waals surface area contributed by atoms with Crippen LogP contribution in [0, 0.1) is 0 Å². The van der Waals surface area contributed by atoms with Gasteiger partial charge in [-0.2, -0.15) is 0 Å². The molecule has 21 heavy (non-hydrogen) atoms. The molecule has 8 nitrogen and oxygen atoms in total. The number of anilines is 1. The Labute approximate surface area is 119 Å². The van der Waals surface area contributed by atoms with E-state index in [1.165, 1.54) is 41.5 Å². The maximum Gasteiger partial charge on any atom is 0.412 e. The summed E-state index contributed by atoms with van der Waals surface area (Å²) in [6.07, 6.45) is 3.56. The van der Waals surface area contributed by atoms with Gasteiger partial charge < -0.3 is 9.84 Å². The molecule has 8 heteroatoms. The largest absolute Gasteiger partial charge is 0.478 e. The van der Waals surface area contributed by atoms with Crippen LogP contribution in [0.1, 0.15) is 10.4 Å². The number of aromatic carboxylic acids is 1. The molecule has 2 aromatic rings. The van der Waals surface area contributed by atoms with Gasteiger partial charge in [0.1, 0.15) is 19.3 Å². The number of aromatic nitrogens is 3. The Morgan fingerprint density at radius 3 is 2.71 bits per heavy atom. The molecule has 1 aromatic heterocycles. The van der Waals surface area contributed by atoms with Crippen LogP contribution in [0.5, 0.6) is 0 Å². The molecule has 0 radical (unpaired) electrons. The zero-order chi connectivity index (χ0) is 15.2. The monoisotopic (exact) mass is 288 g/mol. The van der Waals surface area contributed by atoms with Crippen molar-refractivity contribution >= 4 is 17.7 Å². The maximum absolute atomic E-state index is 11.6. The van der Waals surface area contributed by atoms with E-state index in [4.69, 9.17) is 9.84 Å². The zero-order valence-electron chi connectivity index (χ0n) is 10.9. The van der Waals surface area contributed by atoms with Crippen LogP contribution in [0.25, 0.3) is 5.69 Å². The Kier molecular flexibility index (Phi) is 4.30. The lowest BCUT2D eigenvalue weighted by atomic mass is 10.1. The van der Waals surface area contributed by atoms with Gasteiger partial charge in [-0.1, -0.05) is 12.7 Å². The number of nitrogens with zero attached hydrogens (tertiary/aromatic N) is 3. The molecule has 0 atom stereocenters. The van der Waals surface area contributed by atoms with Crippen LogP contribution in [0.4, 0.5) is 10.5 Å². The Morgan fingerprint density at radius 2 is 2.10 bits per heavy atom. The van der Waals surface area contributed by atoms with Crippen LogP contribution < -0.4 is 5.32 Å². The van der Waals surface area contributed by atoms with Gasteiger partial charge >= 0.3 is 12.1 Å². The molecule has 0 aliphatic carbocycles. The van der Waals surface area contributed by atoms with Crippen molar-refractivity contribution in [2.45, 2.75) is 0 Å². The van der Waals surface area contributed by atoms with Crippen molar-refractivity contribution in [3.63, 3.8) is 0 Å². The molecule has 0 saturated carbocycles. The van der Waals surface area contributed by atoms with E-state index < -0.39 is 12.1 Å². The van der Waals surface area contributed by atoms with E-state index in [1.54, 1.807) is 0 Å². The number of rotatable bonds is 5. The molecule has 2 N–H and O–H groups in total. The molecule has 0 aliphatic rings. The third kappa shape index (κ3) is 3.44. The molecule has 0 bridgehead atoms. The third-order valence-electron chi connectivity index (χ3n) is 2.51. The minimum atomic E-state index is -1.10. The van der Waals surface area contributed by atoms with Crippen molar-refractivity contribution in [3.05, 3.63) is 49.1 Å². The number of hydrogen-bond donors (Lipinski definition) is 2. The lowest BCUT2D eigenvalue weighted by molar-refractivity contribution is 0.0697. The summed E-state index contributed by atoms with van der Waals surface area (Å²) in [6.45, 7) is 3.48. The van der Waals surface area contributed by atoms with Crippen molar-refractivity contribution in [1.29, 1.82) is 0 Å². The number of carbonyl (C=O) groups is 2. The van der Waals surface area contributed by atoms with Crippen LogP contribution in [-0.4, -0.2) is 38.5 Å². The van der Waals surface area contributed by atoms with Gasteiger partial charge in [0.05, 0.1) is 16.9 Å². The molecule has 1 heterocycles. The summed E-state index contributed by atoms with van der Waals surface area (Å²) in [5, 5.41) is 18.8. The molecular formula is C13H12N4O4. The number of carbonyl (C=O) groups excluding carboxylic acids is 1. The second kappa shape index (κ2) is 6.33. The summed E-state index contributed by atoms with van der Waals surface area (Å²) in [5.74, 6) is -1.10. The van der Waals surface area contributed by atoms with E-state index in [9.17, 15) is 9.59 Å². The normalized spacial score (nSPS) is 9.90. The second-order valence-electron chi connectivity index (χ2n) is 3.92. The van der Waals surface area contributed by atoms with Gasteiger partial charge in [0.25, 0.3) is 0 Å². The minimum Gasteiger partial charge on any atom is -0.478 e. The first kappa shape index (κ1) is 14.3. The maximum atomic E-state index is 11.6. The zero-order valence-corrected chi connectivity index (χ0v) is 10.9. The van der Waals surface area contributed by atoms with Crippen molar-refractivity contribution in [1.82, 2.24) is 14.8 Å². The first-order valence-electron chi connectivity index (χ1n) is 5.89. The molecule has 0 spiro atoms. The van der Waals surface area contributed by atoms with Gasteiger partial charge in [-0.05, 0) is 18.2 Å². The molecule has 2 rings (SSSR count). The van der Waals surface area contributed by atoms with Crippen LogP contribution >= 0.6 is 0 Å². The van der Waals surface area contributed by atoms with Crippen molar-refractivity contribution in [2.24, 2.45) is 0 Å². The number of nitrogens with one attached hydrogen (secondary N) is 1. The highest BCUT2D eigenvalue weighted by Gasteiger charge is 2.13. The molecule has 1 amide bonds. The minimum absolute atomic E-state index is 0.0332. The highest BCUT2D eigenvalue weighted by molar-refractivity contribution is 5.93. The van der Waals surface area contributed by atoms with Crippen LogP contribution in [0.3, 0.4) is 0 Å². The Morgan fingerprint density at radius 1 is 1.38 bits per heavy atom. The topological polar surface area (TPSA) is 106 Å². The van der Waals surface area contributed by atoms with E-state index in [0.29, 0.717) is 5.69 Å². The Hall–Kier alpha value is -3.16. The fourth-order valence-corrected chi connectivity index (χ4v) is 1.60. The number of benzene rings is 1. The fourth-order valence-electron chi connectivity index (χ4n) is 1.60. The number of carboxylic acid groups (broad SMARTS) is 1. The number of carboxylic acids is 1. The van der Waals surface area contributed by atoms with Gasteiger partial charge in [0.15, 0.2) is 0 Å². The number of hydrogen-bond acceptors (Lipinski definition) is 5. The van der Waals surface area contributed by atoms with E-state index in [1.807, 2.05) is 0 Å². The van der Waals surface area contributed by atoms with Crippen LogP contribution in [-0.2, 0) is 4.74 Å². The summed E-state index contributed by atoms with van der Waals surface area (Å²) < 4.78 is 6.35. The average Bonchev–Trinajstić information content (AvgIpc) is 2.99. The van der Waals surface area contributed by atoms with Crippen molar-refractivity contribution in [2.75, 3.05) is 11.9 Å². The quantitative estimate of drug-likeness (QED) is 0.811. The summed E-state index contributed by atoms with van der Waals surface area (Å²) in [4.78, 5) is 22.6. The smallest absolute Gasteiger partial charge is 0.412 e. The lowest BCUT2D eigenvalue weighted by Crippen LogP contribution is -2.15. The van der Waals surface area contributed by atoms with E-state index in [2.05, 4.69) is 22.1 Å². The van der Waals surface area contributed by atoms with Crippen LogP contribution in [0.2, 0.25) is 0 Å². The predicted molar refractivity (Wildman–Crippen MR) is 73.5 cm³/mol. The molecule has 108 valence electrons. The molecule has 1 aromatic carbocycles. The molecule has 0 unspecified atom stereocenters. The lowest BCUT2D eigenvalue weighted by Gasteiger charge is -2.12. The summed E-state index contributed by atoms with van der Waals surface area (Å²) in [7, 11) is 0. The van der Waals surface area contributed by atoms with Gasteiger partial charge in [0.2, 0.25) is 0 Å². The van der Waals surface area contributed by atoms with Gasteiger partial charge in [-0.25, -0.2) is 9.59 Å². The first-order valence-corrected chi connectivity index (χ1v) is 5.89. The Balaban J connectivity index is 2.34. The van der Waals surface area contributed by atoms with Crippen molar-refractivity contribution < 1.29 is 19.4 Å². The first-order chi connectivity index (χ1) is 10.1.